The van der Waals surface area contributed by atoms with Gasteiger partial charge in [-0.3, -0.25) is 9.59 Å². The molecule has 0 heterocycles. The van der Waals surface area contributed by atoms with Gasteiger partial charge in [-0.2, -0.15) is 0 Å². The van der Waals surface area contributed by atoms with Crippen LogP contribution in [-0.2, 0) is 14.7 Å². The van der Waals surface area contributed by atoms with Gasteiger partial charge in [-0.25, -0.2) is 9.50 Å². The maximum Gasteiger partial charge on any atom is 0.235 e. The van der Waals surface area contributed by atoms with E-state index in [1.54, 1.807) is 0 Å². The van der Waals surface area contributed by atoms with Crippen molar-refractivity contribution in [1.29, 1.82) is 0 Å². The number of Topliss-reactive ketones (excluding diaryl/α,β-unsaturated/α-hetero) is 2. The van der Waals surface area contributed by atoms with Crippen molar-refractivity contribution in [3.05, 3.63) is 43.1 Å². The Morgan fingerprint density at radius 2 is 2.04 bits per heavy atom. The molecule has 0 aliphatic heterocycles. The molecule has 0 spiro atoms. The molecular weight excluding hydrogens is 363 g/mol. The summed E-state index contributed by atoms with van der Waals surface area (Å²) in [7, 11) is 0. The van der Waals surface area contributed by atoms with Crippen LogP contribution >= 0.6 is 0 Å². The topological polar surface area (TPSA) is 100 Å². The summed E-state index contributed by atoms with van der Waals surface area (Å²) in [6, 6.07) is 0. The Balaban J connectivity index is 1.88. The number of allylic oxidation sites excluding steroid dienone is 1. The number of fused-ring (bicyclic) bond motifs is 5. The number of carbonyl (C=O) groups excluding carboxylic acids is 2. The second-order valence-corrected chi connectivity index (χ2v) is 8.36. The van der Waals surface area contributed by atoms with Crippen LogP contribution in [0, 0.1) is 48.4 Å². The Labute approximate surface area is 162 Å². The fourth-order valence-corrected chi connectivity index (χ4v) is 5.83. The quantitative estimate of drug-likeness (QED) is 0.295. The molecule has 4 aliphatic rings. The average Bonchev–Trinajstić information content (AvgIpc) is 2.84. The largest absolute Gasteiger partial charge is 0.860 e. The number of ketones is 2. The average molecular weight is 381 g/mol. The molecule has 3 saturated carbocycles. The van der Waals surface area contributed by atoms with Crippen molar-refractivity contribution in [3.63, 3.8) is 0 Å². The second-order valence-electron chi connectivity index (χ2n) is 8.36. The van der Waals surface area contributed by atoms with Gasteiger partial charge in [-0.05, 0) is 36.5 Å². The van der Waals surface area contributed by atoms with E-state index in [4.69, 9.17) is 0 Å². The summed E-state index contributed by atoms with van der Waals surface area (Å²) in [5.41, 5.74) is -5.74. The smallest absolute Gasteiger partial charge is 0.235 e. The molecule has 0 N–H and O–H groups in total. The van der Waals surface area contributed by atoms with Gasteiger partial charge in [0.1, 0.15) is 0 Å². The highest BCUT2D eigenvalue weighted by Gasteiger charge is 2.81. The lowest BCUT2D eigenvalue weighted by molar-refractivity contribution is -0.358. The van der Waals surface area contributed by atoms with E-state index in [0.29, 0.717) is 0 Å². The molecule has 0 aromatic carbocycles. The molecular formula is C22H18FO5. The van der Waals surface area contributed by atoms with Crippen molar-refractivity contribution >= 4 is 11.6 Å². The number of hydrogen-bond acceptors (Lipinski definition) is 4. The molecule has 0 bridgehead atoms. The zero-order valence-electron chi connectivity index (χ0n) is 15.2. The third-order valence-electron chi connectivity index (χ3n) is 7.27. The standard InChI is InChI=1S/C22H18FO5/c1-12-8-16-15-5-4-13-9-14(25)6-7-19(13,2)21(15,23)17(26)10-20(16,3)22(12,28)18(27)11-24/h15-16H,1-5,8,10-11H2/t15-,16-,19-,20-,21-,22-/m0/s1. The molecule has 1 radical (unpaired) electrons. The highest BCUT2D eigenvalue weighted by Crippen LogP contribution is 2.68. The lowest BCUT2D eigenvalue weighted by Crippen LogP contribution is -2.67. The second kappa shape index (κ2) is 5.33. The summed E-state index contributed by atoms with van der Waals surface area (Å²) >= 11 is 0. The van der Waals surface area contributed by atoms with Gasteiger partial charge in [0.25, 0.3) is 0 Å². The van der Waals surface area contributed by atoms with Gasteiger partial charge in [0.15, 0.2) is 17.0 Å². The number of alkyl halides is 1. The van der Waals surface area contributed by atoms with Crippen molar-refractivity contribution in [3.8, 4) is 11.8 Å². The lowest BCUT2D eigenvalue weighted by atomic mass is 9.45. The molecule has 4 rings (SSSR count). The first-order valence-electron chi connectivity index (χ1n) is 9.10. The summed E-state index contributed by atoms with van der Waals surface area (Å²) < 4.78 is 16.5. The summed E-state index contributed by atoms with van der Waals surface area (Å²) in [5, 5.41) is 36.3. The Hall–Kier alpha value is -2.45. The third-order valence-corrected chi connectivity index (χ3v) is 7.27. The highest BCUT2D eigenvalue weighted by molar-refractivity contribution is 5.98. The van der Waals surface area contributed by atoms with E-state index in [0.717, 1.165) is 0 Å². The minimum atomic E-state index is -2.53. The molecule has 0 amide bonds. The SMILES string of the molecule is C=C1C[C@H]2[C@@H]3CCC4=C=C([O-])C#C[C@]4([CH2+])[C@@]3(F)C(=O)C[C@]2([CH2+])[C@@]1([O])C(=O)C[O-]. The first-order valence-corrected chi connectivity index (χ1v) is 9.10. The summed E-state index contributed by atoms with van der Waals surface area (Å²) in [6.07, 6.45) is -0.200. The van der Waals surface area contributed by atoms with Crippen LogP contribution in [-0.4, -0.2) is 29.4 Å². The van der Waals surface area contributed by atoms with Crippen molar-refractivity contribution in [1.82, 2.24) is 0 Å². The Morgan fingerprint density at radius 1 is 1.36 bits per heavy atom. The van der Waals surface area contributed by atoms with Crippen LogP contribution in [0.4, 0.5) is 4.39 Å². The van der Waals surface area contributed by atoms with Crippen LogP contribution in [0.1, 0.15) is 25.7 Å². The molecule has 0 aromatic rings. The predicted molar refractivity (Wildman–Crippen MR) is 90.6 cm³/mol. The maximum absolute atomic E-state index is 16.5. The molecule has 6 atom stereocenters. The molecule has 143 valence electrons. The summed E-state index contributed by atoms with van der Waals surface area (Å²) in [4.78, 5) is 25.4. The minimum Gasteiger partial charge on any atom is -0.860 e. The molecule has 0 aromatic heterocycles. The van der Waals surface area contributed by atoms with Crippen LogP contribution in [0.3, 0.4) is 0 Å². The van der Waals surface area contributed by atoms with Crippen molar-refractivity contribution in [2.24, 2.45) is 22.7 Å². The van der Waals surface area contributed by atoms with E-state index in [9.17, 15) is 24.9 Å². The lowest BCUT2D eigenvalue weighted by Gasteiger charge is -2.52. The van der Waals surface area contributed by atoms with Crippen LogP contribution in [0.25, 0.3) is 0 Å². The van der Waals surface area contributed by atoms with Gasteiger partial charge in [0, 0.05) is 17.4 Å². The molecule has 0 saturated heterocycles. The van der Waals surface area contributed by atoms with Crippen molar-refractivity contribution < 1.29 is 29.3 Å². The van der Waals surface area contributed by atoms with E-state index >= 15 is 4.39 Å². The summed E-state index contributed by atoms with van der Waals surface area (Å²) in [6.45, 7) is 10.2. The molecule has 3 fully saturated rings. The van der Waals surface area contributed by atoms with Gasteiger partial charge in [-0.1, -0.05) is 19.1 Å². The number of rotatable bonds is 2. The normalized spacial score (nSPS) is 46.4. The van der Waals surface area contributed by atoms with Gasteiger partial charge in [0.2, 0.25) is 16.7 Å². The Kier molecular flexibility index (Phi) is 3.60. The first-order chi connectivity index (χ1) is 13.0. The van der Waals surface area contributed by atoms with E-state index in [1.807, 2.05) is 0 Å². The Morgan fingerprint density at radius 3 is 2.68 bits per heavy atom. The van der Waals surface area contributed by atoms with Crippen LogP contribution in [0.5, 0.6) is 0 Å². The molecule has 5 nitrogen and oxygen atoms in total. The fraction of sp³-hybridized carbons (Fsp3) is 0.500. The Bertz CT molecular complexity index is 963. The predicted octanol–water partition coefficient (Wildman–Crippen LogP) is 0.180. The monoisotopic (exact) mass is 381 g/mol. The van der Waals surface area contributed by atoms with E-state index < -0.39 is 64.3 Å². The number of carbonyl (C=O) groups is 2. The first kappa shape index (κ1) is 18.9. The van der Waals surface area contributed by atoms with Gasteiger partial charge in [0.05, 0.1) is 20.3 Å². The van der Waals surface area contributed by atoms with Crippen molar-refractivity contribution in [2.45, 2.75) is 37.0 Å². The third kappa shape index (κ3) is 1.80. The summed E-state index contributed by atoms with van der Waals surface area (Å²) in [5.74, 6) is 0.441. The van der Waals surface area contributed by atoms with Crippen LogP contribution < -0.4 is 10.2 Å². The molecule has 28 heavy (non-hydrogen) atoms. The number of hydrogen-bond donors (Lipinski definition) is 0. The van der Waals surface area contributed by atoms with E-state index in [1.165, 1.54) is 0 Å². The molecule has 6 heteroatoms. The minimum absolute atomic E-state index is 0.00750. The van der Waals surface area contributed by atoms with Crippen LogP contribution in [0.15, 0.2) is 29.2 Å². The number of halogens is 1. The zero-order chi connectivity index (χ0) is 20.7. The van der Waals surface area contributed by atoms with E-state index in [-0.39, 0.29) is 30.4 Å². The zero-order valence-corrected chi connectivity index (χ0v) is 15.2. The van der Waals surface area contributed by atoms with Gasteiger partial charge >= 0.3 is 0 Å². The van der Waals surface area contributed by atoms with E-state index in [2.05, 4.69) is 38.0 Å². The van der Waals surface area contributed by atoms with Crippen molar-refractivity contribution in [2.75, 3.05) is 6.61 Å². The molecule has 4 aliphatic carbocycles. The van der Waals surface area contributed by atoms with Crippen LogP contribution in [0.2, 0.25) is 0 Å². The fourth-order valence-electron chi connectivity index (χ4n) is 5.83. The highest BCUT2D eigenvalue weighted by atomic mass is 19.1. The van der Waals surface area contributed by atoms with Gasteiger partial charge < -0.3 is 10.2 Å². The van der Waals surface area contributed by atoms with Gasteiger partial charge in [-0.15, -0.1) is 5.73 Å². The molecule has 0 unspecified atom stereocenters. The maximum atomic E-state index is 16.5.